The lowest BCUT2D eigenvalue weighted by Crippen LogP contribution is -1.79. The molecule has 1 rings (SSSR count). The van der Waals surface area contributed by atoms with Gasteiger partial charge >= 0.3 is 0 Å². The Morgan fingerprint density at radius 3 is 2.50 bits per heavy atom. The number of hydrogen-bond donors (Lipinski definition) is 1. The summed E-state index contributed by atoms with van der Waals surface area (Å²) in [6.45, 7) is 1.76. The van der Waals surface area contributed by atoms with E-state index in [1.165, 1.54) is 12.1 Å². The second kappa shape index (κ2) is 4.11. The van der Waals surface area contributed by atoms with Crippen LogP contribution in [0.1, 0.15) is 11.1 Å². The zero-order valence-corrected chi connectivity index (χ0v) is 7.65. The number of aromatic hydroxyl groups is 1. The van der Waals surface area contributed by atoms with E-state index in [1.54, 1.807) is 31.2 Å². The van der Waals surface area contributed by atoms with Gasteiger partial charge in [-0.1, -0.05) is 6.07 Å². The maximum absolute atomic E-state index is 9.24. The molecule has 0 saturated heterocycles. The standard InChI is InChI=1S/C11H8N2O/c1-8-4-9(2-3-11(8)14)5-10(6-12)7-13/h2-5,14H,1H3. The summed E-state index contributed by atoms with van der Waals surface area (Å²) in [4.78, 5) is 0. The zero-order chi connectivity index (χ0) is 10.6. The van der Waals surface area contributed by atoms with Crippen LogP contribution in [0, 0.1) is 29.6 Å². The molecule has 0 unspecified atom stereocenters. The van der Waals surface area contributed by atoms with Crippen molar-refractivity contribution in [3.05, 3.63) is 34.9 Å². The molecule has 0 spiro atoms. The number of allylic oxidation sites excluding steroid dienone is 1. The minimum Gasteiger partial charge on any atom is -0.508 e. The van der Waals surface area contributed by atoms with Crippen molar-refractivity contribution in [2.24, 2.45) is 0 Å². The molecule has 1 aromatic rings. The van der Waals surface area contributed by atoms with Crippen LogP contribution in [0.5, 0.6) is 5.75 Å². The highest BCUT2D eigenvalue weighted by atomic mass is 16.3. The molecule has 1 N–H and O–H groups in total. The summed E-state index contributed by atoms with van der Waals surface area (Å²) in [6.07, 6.45) is 1.48. The Hall–Kier alpha value is -2.26. The average Bonchev–Trinajstić information content (AvgIpc) is 2.19. The molecule has 0 aromatic heterocycles. The Kier molecular flexibility index (Phi) is 2.89. The summed E-state index contributed by atoms with van der Waals surface area (Å²) in [5, 5.41) is 26.3. The van der Waals surface area contributed by atoms with E-state index < -0.39 is 0 Å². The average molecular weight is 184 g/mol. The van der Waals surface area contributed by atoms with Gasteiger partial charge in [-0.15, -0.1) is 0 Å². The van der Waals surface area contributed by atoms with E-state index in [2.05, 4.69) is 0 Å². The molecule has 0 saturated carbocycles. The first-order valence-electron chi connectivity index (χ1n) is 3.99. The smallest absolute Gasteiger partial charge is 0.130 e. The number of hydrogen-bond acceptors (Lipinski definition) is 3. The summed E-state index contributed by atoms with van der Waals surface area (Å²) in [5.41, 5.74) is 1.50. The lowest BCUT2D eigenvalue weighted by molar-refractivity contribution is 0.471. The van der Waals surface area contributed by atoms with Crippen molar-refractivity contribution in [1.29, 1.82) is 10.5 Å². The topological polar surface area (TPSA) is 67.8 Å². The van der Waals surface area contributed by atoms with E-state index in [-0.39, 0.29) is 11.3 Å². The molecular weight excluding hydrogens is 176 g/mol. The van der Waals surface area contributed by atoms with Crippen LogP contribution in [-0.4, -0.2) is 5.11 Å². The van der Waals surface area contributed by atoms with Crippen LogP contribution in [0.15, 0.2) is 23.8 Å². The number of phenols is 1. The Bertz CT molecular complexity index is 445. The molecular formula is C11H8N2O. The van der Waals surface area contributed by atoms with Crippen LogP contribution in [-0.2, 0) is 0 Å². The number of aryl methyl sites for hydroxylation is 1. The van der Waals surface area contributed by atoms with Crippen molar-refractivity contribution in [2.45, 2.75) is 6.92 Å². The molecule has 14 heavy (non-hydrogen) atoms. The van der Waals surface area contributed by atoms with Crippen LogP contribution < -0.4 is 0 Å². The maximum Gasteiger partial charge on any atom is 0.130 e. The van der Waals surface area contributed by atoms with Gasteiger partial charge in [0.1, 0.15) is 23.5 Å². The van der Waals surface area contributed by atoms with Crippen LogP contribution >= 0.6 is 0 Å². The fourth-order valence-electron chi connectivity index (χ4n) is 1.02. The minimum absolute atomic E-state index is 0.0510. The first-order chi connectivity index (χ1) is 6.67. The van der Waals surface area contributed by atoms with Crippen LogP contribution in [0.3, 0.4) is 0 Å². The van der Waals surface area contributed by atoms with Crippen molar-refractivity contribution in [2.75, 3.05) is 0 Å². The van der Waals surface area contributed by atoms with E-state index in [0.717, 1.165) is 5.56 Å². The molecule has 0 aliphatic rings. The quantitative estimate of drug-likeness (QED) is 0.680. The van der Waals surface area contributed by atoms with Gasteiger partial charge in [-0.3, -0.25) is 0 Å². The Balaban J connectivity index is 3.13. The molecule has 68 valence electrons. The largest absolute Gasteiger partial charge is 0.508 e. The molecule has 0 radical (unpaired) electrons. The predicted octanol–water partition coefficient (Wildman–Crippen LogP) is 2.13. The van der Waals surface area contributed by atoms with Crippen LogP contribution in [0.4, 0.5) is 0 Å². The van der Waals surface area contributed by atoms with E-state index in [1.807, 2.05) is 0 Å². The molecule has 0 aliphatic carbocycles. The number of nitriles is 2. The summed E-state index contributed by atoms with van der Waals surface area (Å²) in [7, 11) is 0. The number of rotatable bonds is 1. The van der Waals surface area contributed by atoms with Crippen LogP contribution in [0.25, 0.3) is 6.08 Å². The van der Waals surface area contributed by atoms with E-state index in [0.29, 0.717) is 5.56 Å². The molecule has 1 aromatic carbocycles. The molecule has 3 nitrogen and oxygen atoms in total. The van der Waals surface area contributed by atoms with Crippen molar-refractivity contribution in [3.63, 3.8) is 0 Å². The lowest BCUT2D eigenvalue weighted by atomic mass is 10.1. The Labute approximate surface area is 82.1 Å². The normalized spacial score (nSPS) is 8.50. The third-order valence-electron chi connectivity index (χ3n) is 1.77. The van der Waals surface area contributed by atoms with Gasteiger partial charge in [0.15, 0.2) is 0 Å². The van der Waals surface area contributed by atoms with Gasteiger partial charge in [0, 0.05) is 0 Å². The van der Waals surface area contributed by atoms with Crippen molar-refractivity contribution >= 4 is 6.08 Å². The summed E-state index contributed by atoms with van der Waals surface area (Å²) < 4.78 is 0. The molecule has 0 amide bonds. The van der Waals surface area contributed by atoms with Gasteiger partial charge in [0.25, 0.3) is 0 Å². The van der Waals surface area contributed by atoms with E-state index in [4.69, 9.17) is 10.5 Å². The van der Waals surface area contributed by atoms with Gasteiger partial charge in [-0.25, -0.2) is 0 Å². The second-order valence-corrected chi connectivity index (χ2v) is 2.83. The van der Waals surface area contributed by atoms with Gasteiger partial charge in [-0.05, 0) is 36.3 Å². The summed E-state index contributed by atoms with van der Waals surface area (Å²) in [5.74, 6) is 0.206. The van der Waals surface area contributed by atoms with E-state index >= 15 is 0 Å². The first kappa shape index (κ1) is 9.83. The molecule has 0 heterocycles. The minimum atomic E-state index is 0.0510. The monoisotopic (exact) mass is 184 g/mol. The molecule has 0 fully saturated rings. The predicted molar refractivity (Wildman–Crippen MR) is 52.0 cm³/mol. The lowest BCUT2D eigenvalue weighted by Gasteiger charge is -1.98. The van der Waals surface area contributed by atoms with Crippen molar-refractivity contribution in [3.8, 4) is 17.9 Å². The van der Waals surface area contributed by atoms with Crippen molar-refractivity contribution in [1.82, 2.24) is 0 Å². The zero-order valence-electron chi connectivity index (χ0n) is 7.65. The third kappa shape index (κ3) is 2.12. The first-order valence-corrected chi connectivity index (χ1v) is 3.99. The van der Waals surface area contributed by atoms with Crippen LogP contribution in [0.2, 0.25) is 0 Å². The maximum atomic E-state index is 9.24. The molecule has 3 heteroatoms. The number of phenolic OH excluding ortho intramolecular Hbond substituents is 1. The Morgan fingerprint density at radius 1 is 1.36 bits per heavy atom. The molecule has 0 aliphatic heterocycles. The third-order valence-corrected chi connectivity index (χ3v) is 1.77. The summed E-state index contributed by atoms with van der Waals surface area (Å²) >= 11 is 0. The van der Waals surface area contributed by atoms with Crippen molar-refractivity contribution < 1.29 is 5.11 Å². The van der Waals surface area contributed by atoms with Gasteiger partial charge in [-0.2, -0.15) is 10.5 Å². The Morgan fingerprint density at radius 2 is 2.00 bits per heavy atom. The fraction of sp³-hybridized carbons (Fsp3) is 0.0909. The SMILES string of the molecule is Cc1cc(C=C(C#N)C#N)ccc1O. The van der Waals surface area contributed by atoms with Gasteiger partial charge < -0.3 is 5.11 Å². The second-order valence-electron chi connectivity index (χ2n) is 2.83. The number of benzene rings is 1. The molecule has 0 bridgehead atoms. The number of nitrogens with zero attached hydrogens (tertiary/aromatic N) is 2. The van der Waals surface area contributed by atoms with Gasteiger partial charge in [0.2, 0.25) is 0 Å². The highest BCUT2D eigenvalue weighted by molar-refractivity contribution is 5.63. The fourth-order valence-corrected chi connectivity index (χ4v) is 1.02. The summed E-state index contributed by atoms with van der Waals surface area (Å²) in [6, 6.07) is 8.44. The highest BCUT2D eigenvalue weighted by Gasteiger charge is 1.97. The molecule has 0 atom stereocenters. The van der Waals surface area contributed by atoms with E-state index in [9.17, 15) is 5.11 Å². The van der Waals surface area contributed by atoms with Gasteiger partial charge in [0.05, 0.1) is 0 Å². The highest BCUT2D eigenvalue weighted by Crippen LogP contribution is 2.18.